The van der Waals surface area contributed by atoms with Crippen LogP contribution in [0.15, 0.2) is 4.34 Å². The normalized spacial score (nSPS) is 10.4. The van der Waals surface area contributed by atoms with Crippen molar-refractivity contribution in [2.45, 2.75) is 24.6 Å². The molecule has 1 N–H and O–H groups in total. The zero-order chi connectivity index (χ0) is 13.7. The maximum absolute atomic E-state index is 11.6. The minimum atomic E-state index is -0.861. The Morgan fingerprint density at radius 3 is 2.72 bits per heavy atom. The lowest BCUT2D eigenvalue weighted by Crippen LogP contribution is -2.27. The minimum absolute atomic E-state index is 0.00707. The fraction of sp³-hybridized carbons (Fsp3) is 0.545. The summed E-state index contributed by atoms with van der Waals surface area (Å²) in [6.07, 6.45) is -0.00707. The van der Waals surface area contributed by atoms with Gasteiger partial charge in [0, 0.05) is 18.5 Å². The van der Waals surface area contributed by atoms with Crippen molar-refractivity contribution in [3.8, 4) is 0 Å². The van der Waals surface area contributed by atoms with Gasteiger partial charge in [0.2, 0.25) is 5.91 Å². The number of nitrogens with zero attached hydrogens (tertiary/aromatic N) is 2. The number of carboxylic acid groups (broad SMARTS) is 1. The minimum Gasteiger partial charge on any atom is -0.481 e. The molecule has 0 aliphatic carbocycles. The number of aromatic nitrogens is 1. The summed E-state index contributed by atoms with van der Waals surface area (Å²) >= 11 is 2.71. The van der Waals surface area contributed by atoms with Gasteiger partial charge in [-0.15, -0.1) is 11.3 Å². The number of carboxylic acids is 1. The maximum atomic E-state index is 11.6. The Bertz CT molecular complexity index is 445. The van der Waals surface area contributed by atoms with Crippen LogP contribution >= 0.6 is 23.1 Å². The Morgan fingerprint density at radius 1 is 1.50 bits per heavy atom. The molecule has 0 aromatic carbocycles. The van der Waals surface area contributed by atoms with Gasteiger partial charge >= 0.3 is 5.97 Å². The third kappa shape index (κ3) is 4.30. The standard InChI is InChI=1S/C11H16N2O3S2/c1-4-13(3)9(14)6-17-11-12-7(2)8(18-11)5-10(15)16/h4-6H2,1-3H3,(H,15,16). The van der Waals surface area contributed by atoms with Crippen molar-refractivity contribution >= 4 is 35.0 Å². The average molecular weight is 288 g/mol. The van der Waals surface area contributed by atoms with Crippen molar-refractivity contribution in [2.24, 2.45) is 0 Å². The smallest absolute Gasteiger partial charge is 0.308 e. The van der Waals surface area contributed by atoms with Gasteiger partial charge in [0.1, 0.15) is 0 Å². The van der Waals surface area contributed by atoms with E-state index in [0.29, 0.717) is 12.3 Å². The zero-order valence-electron chi connectivity index (χ0n) is 10.6. The van der Waals surface area contributed by atoms with Crippen LogP contribution in [0, 0.1) is 6.92 Å². The van der Waals surface area contributed by atoms with Crippen LogP contribution in [0.2, 0.25) is 0 Å². The van der Waals surface area contributed by atoms with E-state index in [4.69, 9.17) is 5.11 Å². The van der Waals surface area contributed by atoms with E-state index in [2.05, 4.69) is 4.98 Å². The zero-order valence-corrected chi connectivity index (χ0v) is 12.2. The summed E-state index contributed by atoms with van der Waals surface area (Å²) in [5, 5.41) is 8.73. The number of hydrogen-bond donors (Lipinski definition) is 1. The number of aliphatic carboxylic acids is 1. The molecule has 1 rings (SSSR count). The Labute approximate surface area is 114 Å². The first-order valence-electron chi connectivity index (χ1n) is 5.48. The fourth-order valence-electron chi connectivity index (χ4n) is 1.17. The van der Waals surface area contributed by atoms with Gasteiger partial charge in [-0.2, -0.15) is 0 Å². The van der Waals surface area contributed by atoms with Gasteiger partial charge in [-0.3, -0.25) is 9.59 Å². The molecule has 0 saturated carbocycles. The second kappa shape index (κ2) is 6.75. The molecule has 0 bridgehead atoms. The van der Waals surface area contributed by atoms with Gasteiger partial charge < -0.3 is 10.0 Å². The molecule has 100 valence electrons. The molecule has 0 radical (unpaired) electrons. The highest BCUT2D eigenvalue weighted by Crippen LogP contribution is 2.27. The number of thioether (sulfide) groups is 1. The van der Waals surface area contributed by atoms with Crippen molar-refractivity contribution in [1.82, 2.24) is 9.88 Å². The van der Waals surface area contributed by atoms with E-state index >= 15 is 0 Å². The van der Waals surface area contributed by atoms with Gasteiger partial charge in [-0.1, -0.05) is 11.8 Å². The number of carbonyl (C=O) groups excluding carboxylic acids is 1. The van der Waals surface area contributed by atoms with Crippen LogP contribution in [0.5, 0.6) is 0 Å². The molecule has 0 atom stereocenters. The molecule has 1 aromatic heterocycles. The second-order valence-electron chi connectivity index (χ2n) is 3.76. The molecule has 1 heterocycles. The van der Waals surface area contributed by atoms with E-state index in [1.165, 1.54) is 23.1 Å². The Morgan fingerprint density at radius 2 is 2.17 bits per heavy atom. The summed E-state index contributed by atoms with van der Waals surface area (Å²) in [6, 6.07) is 0. The molecule has 0 saturated heterocycles. The van der Waals surface area contributed by atoms with Crippen LogP contribution in [-0.2, 0) is 16.0 Å². The Balaban J connectivity index is 2.58. The lowest BCUT2D eigenvalue weighted by Gasteiger charge is -2.12. The number of aryl methyl sites for hydroxylation is 1. The van der Waals surface area contributed by atoms with Gasteiger partial charge in [-0.25, -0.2) is 4.98 Å². The van der Waals surface area contributed by atoms with Crippen molar-refractivity contribution in [3.63, 3.8) is 0 Å². The van der Waals surface area contributed by atoms with Gasteiger partial charge in [0.05, 0.1) is 17.9 Å². The highest BCUT2D eigenvalue weighted by molar-refractivity contribution is 8.01. The van der Waals surface area contributed by atoms with E-state index in [1.54, 1.807) is 18.9 Å². The average Bonchev–Trinajstić information content (AvgIpc) is 2.65. The van der Waals surface area contributed by atoms with Crippen LogP contribution in [0.25, 0.3) is 0 Å². The van der Waals surface area contributed by atoms with E-state index in [1.807, 2.05) is 6.92 Å². The predicted molar refractivity (Wildman–Crippen MR) is 72.2 cm³/mol. The molecule has 0 aliphatic heterocycles. The first-order valence-corrected chi connectivity index (χ1v) is 7.29. The Kier molecular flexibility index (Phi) is 5.61. The third-order valence-corrected chi connectivity index (χ3v) is 4.69. The predicted octanol–water partition coefficient (Wildman–Crippen LogP) is 1.65. The highest BCUT2D eigenvalue weighted by atomic mass is 32.2. The third-order valence-electron chi connectivity index (χ3n) is 2.40. The molecule has 0 spiro atoms. The largest absolute Gasteiger partial charge is 0.481 e. The molecule has 0 unspecified atom stereocenters. The monoisotopic (exact) mass is 288 g/mol. The summed E-state index contributed by atoms with van der Waals surface area (Å²) in [4.78, 5) is 28.9. The first kappa shape index (κ1) is 15.0. The quantitative estimate of drug-likeness (QED) is 0.806. The summed E-state index contributed by atoms with van der Waals surface area (Å²) in [7, 11) is 1.76. The molecule has 1 amide bonds. The number of hydrogen-bond acceptors (Lipinski definition) is 5. The molecular formula is C11H16N2O3S2. The summed E-state index contributed by atoms with van der Waals surface area (Å²) in [5.74, 6) is -0.473. The van der Waals surface area contributed by atoms with Crippen molar-refractivity contribution in [3.05, 3.63) is 10.6 Å². The molecular weight excluding hydrogens is 272 g/mol. The van der Waals surface area contributed by atoms with Gasteiger partial charge in [0.15, 0.2) is 4.34 Å². The fourth-order valence-corrected chi connectivity index (χ4v) is 3.34. The molecule has 1 aromatic rings. The lowest BCUT2D eigenvalue weighted by molar-refractivity contribution is -0.136. The van der Waals surface area contributed by atoms with Crippen molar-refractivity contribution < 1.29 is 14.7 Å². The highest BCUT2D eigenvalue weighted by Gasteiger charge is 2.13. The van der Waals surface area contributed by atoms with Crippen LogP contribution in [0.4, 0.5) is 0 Å². The summed E-state index contributed by atoms with van der Waals surface area (Å²) in [5.41, 5.74) is 0.737. The number of thiazole rings is 1. The first-order chi connectivity index (χ1) is 8.43. The van der Waals surface area contributed by atoms with E-state index in [9.17, 15) is 9.59 Å². The van der Waals surface area contributed by atoms with Crippen molar-refractivity contribution in [2.75, 3.05) is 19.3 Å². The number of amides is 1. The van der Waals surface area contributed by atoms with E-state index < -0.39 is 5.97 Å². The van der Waals surface area contributed by atoms with Crippen molar-refractivity contribution in [1.29, 1.82) is 0 Å². The number of carbonyl (C=O) groups is 2. The van der Waals surface area contributed by atoms with Crippen LogP contribution in [0.1, 0.15) is 17.5 Å². The topological polar surface area (TPSA) is 70.5 Å². The summed E-state index contributed by atoms with van der Waals surface area (Å²) in [6.45, 7) is 4.39. The number of rotatable bonds is 6. The van der Waals surface area contributed by atoms with Crippen LogP contribution < -0.4 is 0 Å². The molecule has 18 heavy (non-hydrogen) atoms. The maximum Gasteiger partial charge on any atom is 0.308 e. The molecule has 5 nitrogen and oxygen atoms in total. The van der Waals surface area contributed by atoms with Gasteiger partial charge in [0.25, 0.3) is 0 Å². The van der Waals surface area contributed by atoms with Crippen LogP contribution in [0.3, 0.4) is 0 Å². The molecule has 0 aliphatic rings. The SMILES string of the molecule is CCN(C)C(=O)CSc1nc(C)c(CC(=O)O)s1. The lowest BCUT2D eigenvalue weighted by atomic mass is 10.3. The Hall–Kier alpha value is -1.08. The van der Waals surface area contributed by atoms with Crippen LogP contribution in [-0.4, -0.2) is 46.2 Å². The van der Waals surface area contributed by atoms with Gasteiger partial charge in [-0.05, 0) is 13.8 Å². The van der Waals surface area contributed by atoms with E-state index in [-0.39, 0.29) is 12.3 Å². The van der Waals surface area contributed by atoms with E-state index in [0.717, 1.165) is 14.9 Å². The molecule has 0 fully saturated rings. The molecule has 7 heteroatoms. The summed E-state index contributed by atoms with van der Waals surface area (Å²) < 4.78 is 0.751. The second-order valence-corrected chi connectivity index (χ2v) is 6.06.